The predicted octanol–water partition coefficient (Wildman–Crippen LogP) is 0.729. The van der Waals surface area contributed by atoms with E-state index in [1.807, 2.05) is 0 Å². The van der Waals surface area contributed by atoms with Crippen LogP contribution in [-0.2, 0) is 9.84 Å². The van der Waals surface area contributed by atoms with Gasteiger partial charge in [-0.1, -0.05) is 23.2 Å². The van der Waals surface area contributed by atoms with Crippen LogP contribution in [0.15, 0.2) is 0 Å². The molecule has 1 rings (SSSR count). The molecule has 2 unspecified atom stereocenters. The molecule has 0 saturated carbocycles. The summed E-state index contributed by atoms with van der Waals surface area (Å²) < 4.78 is 44.1. The van der Waals surface area contributed by atoms with Crippen LogP contribution in [0.2, 0.25) is 0 Å². The highest BCUT2D eigenvalue weighted by Gasteiger charge is 2.63. The molecule has 3 nitrogen and oxygen atoms in total. The average Bonchev–Trinajstić information content (AvgIpc) is 1.83. The summed E-state index contributed by atoms with van der Waals surface area (Å²) >= 11 is 9.79. The van der Waals surface area contributed by atoms with E-state index in [1.54, 1.807) is 0 Å². The lowest BCUT2D eigenvalue weighted by molar-refractivity contribution is 0.142. The van der Waals surface area contributed by atoms with E-state index in [2.05, 4.69) is 5.32 Å². The molecule has 0 radical (unpaired) electrons. The Morgan fingerprint density at radius 2 is 1.83 bits per heavy atom. The van der Waals surface area contributed by atoms with Crippen LogP contribution >= 0.6 is 23.2 Å². The van der Waals surface area contributed by atoms with Crippen molar-refractivity contribution in [2.45, 2.75) is 9.59 Å². The van der Waals surface area contributed by atoms with Crippen LogP contribution < -0.4 is 5.32 Å². The zero-order valence-electron chi connectivity index (χ0n) is 5.65. The molecule has 2 atom stereocenters. The summed E-state index contributed by atoms with van der Waals surface area (Å²) in [5.74, 6) is -0.717. The summed E-state index contributed by atoms with van der Waals surface area (Å²) in [6.07, 6.45) is 0. The fraction of sp³-hybridized carbons (Fsp3) is 1.00. The summed E-state index contributed by atoms with van der Waals surface area (Å²) in [5.41, 5.74) is 0. The molecule has 1 aliphatic heterocycles. The third-order valence-corrected chi connectivity index (χ3v) is 4.75. The number of halogens is 4. The molecule has 1 saturated heterocycles. The highest BCUT2D eigenvalue weighted by Crippen LogP contribution is 2.44. The Morgan fingerprint density at radius 1 is 1.33 bits per heavy atom. The van der Waals surface area contributed by atoms with Gasteiger partial charge in [0.1, 0.15) is 5.88 Å². The largest absolute Gasteiger partial charge is 0.333 e. The van der Waals surface area contributed by atoms with Crippen LogP contribution in [0, 0.1) is 0 Å². The van der Waals surface area contributed by atoms with Crippen molar-refractivity contribution in [3.8, 4) is 0 Å². The third-order valence-electron chi connectivity index (χ3n) is 1.46. The average molecular weight is 240 g/mol. The zero-order valence-corrected chi connectivity index (χ0v) is 7.98. The SMILES string of the molecule is O=S1(=O)CNCC(F)(Cl)C1(F)Cl. The number of hydrogen-bond donors (Lipinski definition) is 1. The molecule has 8 heteroatoms. The van der Waals surface area contributed by atoms with Crippen LogP contribution in [-0.4, -0.2) is 30.4 Å². The minimum absolute atomic E-state index is 0.645. The summed E-state index contributed by atoms with van der Waals surface area (Å²) in [5, 5.41) is -1.02. The second-order valence-corrected chi connectivity index (χ2v) is 5.83. The van der Waals surface area contributed by atoms with E-state index in [0.717, 1.165) is 0 Å². The van der Waals surface area contributed by atoms with Gasteiger partial charge < -0.3 is 0 Å². The standard InChI is InChI=1S/C4H5Cl2F2NO2S/c5-3(7)1-9-2-12(10,11)4(3,6)8/h9H,1-2H2. The van der Waals surface area contributed by atoms with Crippen molar-refractivity contribution in [3.63, 3.8) is 0 Å². The van der Waals surface area contributed by atoms with Crippen LogP contribution in [0.1, 0.15) is 0 Å². The van der Waals surface area contributed by atoms with Gasteiger partial charge in [0.15, 0.2) is 0 Å². The Balaban J connectivity index is 3.16. The molecule has 72 valence electrons. The van der Waals surface area contributed by atoms with E-state index in [1.165, 1.54) is 0 Å². The first-order valence-corrected chi connectivity index (χ1v) is 5.30. The molecule has 0 aromatic carbocycles. The number of rotatable bonds is 0. The smallest absolute Gasteiger partial charge is 0.299 e. The van der Waals surface area contributed by atoms with Gasteiger partial charge in [0.2, 0.25) is 9.84 Å². The highest BCUT2D eigenvalue weighted by atomic mass is 35.5. The van der Waals surface area contributed by atoms with Crippen molar-refractivity contribution in [1.82, 2.24) is 5.32 Å². The molecular weight excluding hydrogens is 235 g/mol. The van der Waals surface area contributed by atoms with E-state index in [4.69, 9.17) is 23.2 Å². The normalized spacial score (nSPS) is 47.3. The fourth-order valence-corrected chi connectivity index (χ4v) is 2.52. The lowest BCUT2D eigenvalue weighted by Gasteiger charge is -2.33. The maximum absolute atomic E-state index is 13.1. The quantitative estimate of drug-likeness (QED) is 0.635. The number of nitrogens with one attached hydrogen (secondary N) is 1. The van der Waals surface area contributed by atoms with Gasteiger partial charge in [-0.25, -0.2) is 17.2 Å². The first kappa shape index (κ1) is 10.4. The van der Waals surface area contributed by atoms with E-state index < -0.39 is 31.8 Å². The van der Waals surface area contributed by atoms with E-state index >= 15 is 0 Å². The van der Waals surface area contributed by atoms with Crippen LogP contribution in [0.5, 0.6) is 0 Å². The molecule has 0 aromatic rings. The Kier molecular flexibility index (Phi) is 2.32. The van der Waals surface area contributed by atoms with Gasteiger partial charge in [0.25, 0.3) is 5.13 Å². The van der Waals surface area contributed by atoms with Crippen LogP contribution in [0.3, 0.4) is 0 Å². The second-order valence-electron chi connectivity index (χ2n) is 2.41. The van der Waals surface area contributed by atoms with Crippen molar-refractivity contribution in [1.29, 1.82) is 0 Å². The van der Waals surface area contributed by atoms with Gasteiger partial charge in [-0.15, -0.1) is 0 Å². The molecular formula is C4H5Cl2F2NO2S. The van der Waals surface area contributed by atoms with Crippen LogP contribution in [0.4, 0.5) is 8.78 Å². The first-order chi connectivity index (χ1) is 5.21. The maximum Gasteiger partial charge on any atom is 0.333 e. The molecule has 1 N–H and O–H groups in total. The summed E-state index contributed by atoms with van der Waals surface area (Å²) in [6, 6.07) is 0. The minimum Gasteiger partial charge on any atom is -0.299 e. The topological polar surface area (TPSA) is 46.2 Å². The lowest BCUT2D eigenvalue weighted by Crippen LogP contribution is -2.58. The number of hydrogen-bond acceptors (Lipinski definition) is 3. The van der Waals surface area contributed by atoms with E-state index in [-0.39, 0.29) is 0 Å². The molecule has 1 heterocycles. The summed E-state index contributed by atoms with van der Waals surface area (Å²) in [4.78, 5) is 0. The van der Waals surface area contributed by atoms with Gasteiger partial charge >= 0.3 is 4.46 Å². The number of sulfone groups is 1. The second kappa shape index (κ2) is 2.67. The maximum atomic E-state index is 13.1. The lowest BCUT2D eigenvalue weighted by atomic mass is 10.4. The van der Waals surface area contributed by atoms with Crippen molar-refractivity contribution >= 4 is 33.0 Å². The molecule has 1 fully saturated rings. The molecule has 0 aromatic heterocycles. The Morgan fingerprint density at radius 3 is 2.17 bits per heavy atom. The summed E-state index contributed by atoms with van der Waals surface area (Å²) in [7, 11) is -4.39. The minimum atomic E-state index is -4.39. The molecule has 0 amide bonds. The first-order valence-electron chi connectivity index (χ1n) is 2.89. The van der Waals surface area contributed by atoms with Gasteiger partial charge in [-0.05, 0) is 0 Å². The molecule has 0 spiro atoms. The van der Waals surface area contributed by atoms with Crippen LogP contribution in [0.25, 0.3) is 0 Å². The Labute approximate surface area is 77.9 Å². The van der Waals surface area contributed by atoms with E-state index in [0.29, 0.717) is 0 Å². The van der Waals surface area contributed by atoms with Crippen molar-refractivity contribution in [2.75, 3.05) is 12.4 Å². The van der Waals surface area contributed by atoms with E-state index in [9.17, 15) is 17.2 Å². The highest BCUT2D eigenvalue weighted by molar-refractivity contribution is 7.94. The monoisotopic (exact) mass is 239 g/mol. The van der Waals surface area contributed by atoms with Crippen molar-refractivity contribution in [3.05, 3.63) is 0 Å². The zero-order chi connectivity index (χ0) is 9.62. The van der Waals surface area contributed by atoms with Gasteiger partial charge in [-0.2, -0.15) is 0 Å². The third kappa shape index (κ3) is 1.30. The number of alkyl halides is 4. The predicted molar refractivity (Wildman–Crippen MR) is 41.2 cm³/mol. The Bertz CT molecular complexity index is 289. The van der Waals surface area contributed by atoms with Gasteiger partial charge in [-0.3, -0.25) is 5.32 Å². The molecule has 12 heavy (non-hydrogen) atoms. The fourth-order valence-electron chi connectivity index (χ4n) is 0.763. The summed E-state index contributed by atoms with van der Waals surface area (Å²) in [6.45, 7) is -0.645. The van der Waals surface area contributed by atoms with Crippen molar-refractivity contribution < 1.29 is 17.2 Å². The van der Waals surface area contributed by atoms with Gasteiger partial charge in [0.05, 0.1) is 6.54 Å². The van der Waals surface area contributed by atoms with Gasteiger partial charge in [0, 0.05) is 0 Å². The molecule has 0 bridgehead atoms. The molecule has 0 aliphatic carbocycles. The van der Waals surface area contributed by atoms with Crippen molar-refractivity contribution in [2.24, 2.45) is 0 Å². The Hall–Kier alpha value is 0.350. The molecule has 1 aliphatic rings.